The van der Waals surface area contributed by atoms with E-state index in [-0.39, 0.29) is 26.1 Å². The van der Waals surface area contributed by atoms with E-state index in [0.717, 1.165) is 51.4 Å². The standard InChI is InChI=1S/C44H82NO8P/c1-6-8-10-12-14-16-18-20-22-24-26-28-30-32-34-36-43(46)50-40-42(41-52-54(48,49)51-39-38-45(3,4)5)53-44(47)37-35-33-31-29-27-25-23-21-19-17-15-13-11-9-7-2/h6,21,23,27,29,42H,1,7-20,22,24-26,28,30-41H2,2-5H3/b23-21+,29-27+/t42-/m1/s1. The number of allylic oxidation sites excluding steroid dienone is 5. The monoisotopic (exact) mass is 784 g/mol. The van der Waals surface area contributed by atoms with Crippen molar-refractivity contribution in [3.63, 3.8) is 0 Å². The number of likely N-dealkylation sites (N-methyl/N-ethyl adjacent to an activating group) is 1. The molecule has 0 rings (SSSR count). The van der Waals surface area contributed by atoms with Crippen LogP contribution in [-0.2, 0) is 32.7 Å². The molecule has 0 aliphatic heterocycles. The van der Waals surface area contributed by atoms with Crippen LogP contribution < -0.4 is 4.89 Å². The SMILES string of the molecule is C=CCCCCCCCCCCCCCCCC(=O)OC[C@H](COP(=O)([O-])OCC[N+](C)(C)C)OC(=O)CCCC/C=C/C/C=C/CCCCCCCC. The number of carbonyl (C=O) groups is 2. The van der Waals surface area contributed by atoms with Crippen molar-refractivity contribution >= 4 is 19.8 Å². The fourth-order valence-electron chi connectivity index (χ4n) is 5.84. The van der Waals surface area contributed by atoms with Crippen LogP contribution in [0.2, 0.25) is 0 Å². The van der Waals surface area contributed by atoms with Gasteiger partial charge in [0.25, 0.3) is 7.82 Å². The van der Waals surface area contributed by atoms with Crippen LogP contribution >= 0.6 is 7.82 Å². The molecule has 0 radical (unpaired) electrons. The van der Waals surface area contributed by atoms with Crippen LogP contribution in [0.3, 0.4) is 0 Å². The molecule has 0 aliphatic rings. The fourth-order valence-corrected chi connectivity index (χ4v) is 6.57. The number of hydrogen-bond acceptors (Lipinski definition) is 8. The molecule has 0 saturated heterocycles. The van der Waals surface area contributed by atoms with Crippen LogP contribution in [0.5, 0.6) is 0 Å². The van der Waals surface area contributed by atoms with Gasteiger partial charge in [0.1, 0.15) is 19.8 Å². The lowest BCUT2D eigenvalue weighted by molar-refractivity contribution is -0.870. The lowest BCUT2D eigenvalue weighted by atomic mass is 10.0. The van der Waals surface area contributed by atoms with Crippen molar-refractivity contribution in [1.82, 2.24) is 0 Å². The minimum absolute atomic E-state index is 0.0371. The molecule has 0 aromatic carbocycles. The zero-order valence-corrected chi connectivity index (χ0v) is 36.1. The van der Waals surface area contributed by atoms with Gasteiger partial charge in [0.15, 0.2) is 6.10 Å². The van der Waals surface area contributed by atoms with Crippen LogP contribution in [0.15, 0.2) is 37.0 Å². The summed E-state index contributed by atoms with van der Waals surface area (Å²) in [5.74, 6) is -0.874. The molecule has 2 atom stereocenters. The molecule has 0 heterocycles. The molecule has 54 heavy (non-hydrogen) atoms. The van der Waals surface area contributed by atoms with Gasteiger partial charge in [-0.1, -0.05) is 140 Å². The molecule has 0 amide bonds. The van der Waals surface area contributed by atoms with E-state index in [1.165, 1.54) is 103 Å². The Labute approximate surface area is 331 Å². The third kappa shape index (κ3) is 39.9. The molecule has 316 valence electrons. The Morgan fingerprint density at radius 3 is 1.63 bits per heavy atom. The van der Waals surface area contributed by atoms with Crippen molar-refractivity contribution in [2.45, 2.75) is 186 Å². The number of hydrogen-bond donors (Lipinski definition) is 0. The third-order valence-electron chi connectivity index (χ3n) is 9.28. The fraction of sp³-hybridized carbons (Fsp3) is 0.818. The summed E-state index contributed by atoms with van der Waals surface area (Å²) in [6.07, 6.45) is 39.2. The summed E-state index contributed by atoms with van der Waals surface area (Å²) < 4.78 is 33.8. The van der Waals surface area contributed by atoms with Crippen molar-refractivity contribution in [2.24, 2.45) is 0 Å². The van der Waals surface area contributed by atoms with Crippen molar-refractivity contribution in [3.8, 4) is 0 Å². The highest BCUT2D eigenvalue weighted by Gasteiger charge is 2.21. The average Bonchev–Trinajstić information content (AvgIpc) is 3.12. The largest absolute Gasteiger partial charge is 0.756 e. The summed E-state index contributed by atoms with van der Waals surface area (Å²) in [5, 5.41) is 0. The summed E-state index contributed by atoms with van der Waals surface area (Å²) in [4.78, 5) is 37.5. The summed E-state index contributed by atoms with van der Waals surface area (Å²) in [7, 11) is 1.14. The first-order valence-corrected chi connectivity index (χ1v) is 23.1. The molecule has 0 aliphatic carbocycles. The number of esters is 2. The van der Waals surface area contributed by atoms with Gasteiger partial charge in [-0.15, -0.1) is 6.58 Å². The van der Waals surface area contributed by atoms with Crippen molar-refractivity contribution in [1.29, 1.82) is 0 Å². The topological polar surface area (TPSA) is 111 Å². The van der Waals surface area contributed by atoms with Gasteiger partial charge in [0.05, 0.1) is 27.7 Å². The van der Waals surface area contributed by atoms with Crippen LogP contribution in [0.1, 0.15) is 180 Å². The molecular weight excluding hydrogens is 701 g/mol. The number of unbranched alkanes of at least 4 members (excludes halogenated alkanes) is 21. The Bertz CT molecular complexity index is 1010. The Morgan fingerprint density at radius 2 is 1.09 bits per heavy atom. The predicted molar refractivity (Wildman–Crippen MR) is 222 cm³/mol. The second kappa shape index (κ2) is 36.8. The molecule has 0 bridgehead atoms. The molecule has 0 N–H and O–H groups in total. The molecular formula is C44H82NO8P. The van der Waals surface area contributed by atoms with E-state index < -0.39 is 32.5 Å². The van der Waals surface area contributed by atoms with E-state index in [1.54, 1.807) is 0 Å². The van der Waals surface area contributed by atoms with Gasteiger partial charge in [0.2, 0.25) is 0 Å². The predicted octanol–water partition coefficient (Wildman–Crippen LogP) is 11.5. The van der Waals surface area contributed by atoms with E-state index in [1.807, 2.05) is 27.2 Å². The third-order valence-corrected chi connectivity index (χ3v) is 10.2. The van der Waals surface area contributed by atoms with Gasteiger partial charge in [-0.2, -0.15) is 0 Å². The maximum atomic E-state index is 12.6. The zero-order valence-electron chi connectivity index (χ0n) is 35.3. The number of nitrogens with zero attached hydrogens (tertiary/aromatic N) is 1. The number of ether oxygens (including phenoxy) is 2. The Kier molecular flexibility index (Phi) is 35.6. The van der Waals surface area contributed by atoms with Gasteiger partial charge in [-0.3, -0.25) is 14.2 Å². The maximum absolute atomic E-state index is 12.6. The number of rotatable bonds is 40. The maximum Gasteiger partial charge on any atom is 0.306 e. The van der Waals surface area contributed by atoms with Crippen LogP contribution in [0, 0.1) is 0 Å². The minimum atomic E-state index is -4.63. The smallest absolute Gasteiger partial charge is 0.306 e. The highest BCUT2D eigenvalue weighted by molar-refractivity contribution is 7.45. The van der Waals surface area contributed by atoms with Crippen LogP contribution in [0.4, 0.5) is 0 Å². The summed E-state index contributed by atoms with van der Waals surface area (Å²) in [6, 6.07) is 0. The molecule has 9 nitrogen and oxygen atoms in total. The Morgan fingerprint density at radius 1 is 0.630 bits per heavy atom. The number of quaternary nitrogens is 1. The lowest BCUT2D eigenvalue weighted by Crippen LogP contribution is -2.37. The summed E-state index contributed by atoms with van der Waals surface area (Å²) >= 11 is 0. The highest BCUT2D eigenvalue weighted by atomic mass is 31.2. The van der Waals surface area contributed by atoms with E-state index in [2.05, 4.69) is 37.8 Å². The molecule has 0 aromatic heterocycles. The minimum Gasteiger partial charge on any atom is -0.756 e. The molecule has 0 fully saturated rings. The molecule has 0 saturated carbocycles. The quantitative estimate of drug-likeness (QED) is 0.0199. The van der Waals surface area contributed by atoms with Gasteiger partial charge < -0.3 is 27.9 Å². The summed E-state index contributed by atoms with van der Waals surface area (Å²) in [5.41, 5.74) is 0. The van der Waals surface area contributed by atoms with Crippen molar-refractivity contribution < 1.29 is 42.1 Å². The average molecular weight is 784 g/mol. The second-order valence-electron chi connectivity index (χ2n) is 15.8. The van der Waals surface area contributed by atoms with E-state index in [4.69, 9.17) is 18.5 Å². The second-order valence-corrected chi connectivity index (χ2v) is 17.2. The summed E-state index contributed by atoms with van der Waals surface area (Å²) in [6.45, 7) is 5.70. The van der Waals surface area contributed by atoms with Crippen LogP contribution in [-0.4, -0.2) is 70.0 Å². The Hall–Kier alpha value is -1.77. The first-order valence-electron chi connectivity index (χ1n) is 21.7. The molecule has 0 aromatic rings. The van der Waals surface area contributed by atoms with Gasteiger partial charge in [-0.25, -0.2) is 0 Å². The van der Waals surface area contributed by atoms with E-state index in [0.29, 0.717) is 17.4 Å². The van der Waals surface area contributed by atoms with Gasteiger partial charge in [-0.05, 0) is 57.8 Å². The zero-order chi connectivity index (χ0) is 40.0. The van der Waals surface area contributed by atoms with Crippen molar-refractivity contribution in [3.05, 3.63) is 37.0 Å². The number of phosphoric acid groups is 1. The van der Waals surface area contributed by atoms with Crippen molar-refractivity contribution in [2.75, 3.05) is 47.5 Å². The van der Waals surface area contributed by atoms with Gasteiger partial charge in [0, 0.05) is 12.8 Å². The molecule has 10 heteroatoms. The van der Waals surface area contributed by atoms with Gasteiger partial charge >= 0.3 is 11.9 Å². The normalized spacial score (nSPS) is 13.7. The Balaban J connectivity index is 4.40. The lowest BCUT2D eigenvalue weighted by Gasteiger charge is -2.28. The van der Waals surface area contributed by atoms with E-state index in [9.17, 15) is 19.0 Å². The highest BCUT2D eigenvalue weighted by Crippen LogP contribution is 2.38. The first-order chi connectivity index (χ1) is 26.0. The number of phosphoric ester groups is 1. The molecule has 1 unspecified atom stereocenters. The van der Waals surface area contributed by atoms with Crippen LogP contribution in [0.25, 0.3) is 0 Å². The first kappa shape index (κ1) is 52.2. The number of carbonyl (C=O) groups excluding carboxylic acids is 2. The van der Waals surface area contributed by atoms with E-state index >= 15 is 0 Å². The molecule has 0 spiro atoms.